The van der Waals surface area contributed by atoms with Crippen LogP contribution in [-0.4, -0.2) is 6.61 Å². The summed E-state index contributed by atoms with van der Waals surface area (Å²) in [5.74, 6) is 1.63. The van der Waals surface area contributed by atoms with Gasteiger partial charge in [0.15, 0.2) is 0 Å². The van der Waals surface area contributed by atoms with Crippen molar-refractivity contribution >= 4 is 0 Å². The van der Waals surface area contributed by atoms with E-state index in [4.69, 9.17) is 4.74 Å². The summed E-state index contributed by atoms with van der Waals surface area (Å²) >= 11 is 0. The quantitative estimate of drug-likeness (QED) is 0.679. The van der Waals surface area contributed by atoms with Gasteiger partial charge in [-0.05, 0) is 53.9 Å². The van der Waals surface area contributed by atoms with Crippen LogP contribution < -0.4 is 0 Å². The molecule has 3 rings (SSSR count). The maximum Gasteiger partial charge on any atom is 0.0717 e. The third kappa shape index (κ3) is 3.11. The Kier molecular flexibility index (Phi) is 4.64. The Bertz CT molecular complexity index is 478. The van der Waals surface area contributed by atoms with Gasteiger partial charge in [-0.15, -0.1) is 0 Å². The number of hydrogen-bond donors (Lipinski definition) is 0. The highest BCUT2D eigenvalue weighted by atomic mass is 16.5. The first-order valence-corrected chi connectivity index (χ1v) is 9.14. The van der Waals surface area contributed by atoms with E-state index in [0.29, 0.717) is 10.8 Å². The van der Waals surface area contributed by atoms with Gasteiger partial charge in [0, 0.05) is 0 Å². The fourth-order valence-corrected chi connectivity index (χ4v) is 5.44. The minimum absolute atomic E-state index is 0.497. The van der Waals surface area contributed by atoms with Gasteiger partial charge >= 0.3 is 0 Å². The van der Waals surface area contributed by atoms with Crippen molar-refractivity contribution in [2.45, 2.75) is 65.9 Å². The maximum atomic E-state index is 6.14. The van der Waals surface area contributed by atoms with E-state index in [-0.39, 0.29) is 0 Å². The van der Waals surface area contributed by atoms with Gasteiger partial charge in [0.25, 0.3) is 0 Å². The van der Waals surface area contributed by atoms with Gasteiger partial charge in [0.1, 0.15) is 0 Å². The summed E-state index contributed by atoms with van der Waals surface area (Å²) in [7, 11) is 0. The largest absolute Gasteiger partial charge is 0.376 e. The van der Waals surface area contributed by atoms with Gasteiger partial charge < -0.3 is 4.74 Å². The van der Waals surface area contributed by atoms with E-state index in [9.17, 15) is 0 Å². The van der Waals surface area contributed by atoms with Crippen LogP contribution in [0.15, 0.2) is 30.3 Å². The Balaban J connectivity index is 1.63. The van der Waals surface area contributed by atoms with E-state index in [1.165, 1.54) is 44.1 Å². The minimum Gasteiger partial charge on any atom is -0.376 e. The molecule has 1 heteroatoms. The van der Waals surface area contributed by atoms with Gasteiger partial charge in [0.2, 0.25) is 0 Å². The summed E-state index contributed by atoms with van der Waals surface area (Å²) in [4.78, 5) is 0. The average Bonchev–Trinajstić information content (AvgIpc) is 2.49. The summed E-state index contributed by atoms with van der Waals surface area (Å²) in [6, 6.07) is 10.6. The molecule has 0 amide bonds. The van der Waals surface area contributed by atoms with Crippen LogP contribution in [0.25, 0.3) is 0 Å². The van der Waals surface area contributed by atoms with E-state index < -0.39 is 0 Å². The van der Waals surface area contributed by atoms with Crippen molar-refractivity contribution in [1.82, 2.24) is 0 Å². The Labute approximate surface area is 136 Å². The van der Waals surface area contributed by atoms with Crippen molar-refractivity contribution in [1.29, 1.82) is 0 Å². The summed E-state index contributed by atoms with van der Waals surface area (Å²) in [6.07, 6.45) is 8.39. The van der Waals surface area contributed by atoms with Gasteiger partial charge in [-0.3, -0.25) is 0 Å². The topological polar surface area (TPSA) is 9.23 Å². The van der Waals surface area contributed by atoms with Crippen molar-refractivity contribution in [3.8, 4) is 0 Å². The molecule has 2 aliphatic carbocycles. The zero-order valence-corrected chi connectivity index (χ0v) is 14.6. The molecule has 2 fully saturated rings. The van der Waals surface area contributed by atoms with E-state index in [0.717, 1.165) is 25.0 Å². The third-order valence-electron chi connectivity index (χ3n) is 6.68. The Morgan fingerprint density at radius 1 is 1.00 bits per heavy atom. The first-order chi connectivity index (χ1) is 10.5. The lowest BCUT2D eigenvalue weighted by Crippen LogP contribution is -2.49. The molecular formula is C21H32O. The van der Waals surface area contributed by atoms with Crippen LogP contribution in [0.2, 0.25) is 0 Å². The van der Waals surface area contributed by atoms with Crippen molar-refractivity contribution in [2.24, 2.45) is 22.7 Å². The van der Waals surface area contributed by atoms with Crippen LogP contribution in [0, 0.1) is 22.7 Å². The molecule has 0 radical (unpaired) electrons. The molecule has 0 heterocycles. The predicted molar refractivity (Wildman–Crippen MR) is 92.7 cm³/mol. The molecular weight excluding hydrogens is 268 g/mol. The molecule has 0 spiro atoms. The molecule has 0 aromatic heterocycles. The lowest BCUT2D eigenvalue weighted by Gasteiger charge is -2.57. The third-order valence-corrected chi connectivity index (χ3v) is 6.68. The first-order valence-electron chi connectivity index (χ1n) is 9.14. The maximum absolute atomic E-state index is 6.14. The molecule has 0 saturated heterocycles. The number of rotatable bonds is 4. The van der Waals surface area contributed by atoms with Crippen LogP contribution in [0.3, 0.4) is 0 Å². The fraction of sp³-hybridized carbons (Fsp3) is 0.714. The van der Waals surface area contributed by atoms with Crippen molar-refractivity contribution in [2.75, 3.05) is 6.61 Å². The SMILES string of the molecule is CC1(C)CCCC2(C)C(COCc3ccccc3)CCCC12. The van der Waals surface area contributed by atoms with Gasteiger partial charge in [-0.2, -0.15) is 0 Å². The highest BCUT2D eigenvalue weighted by molar-refractivity contribution is 5.13. The zero-order chi connectivity index (χ0) is 15.6. The van der Waals surface area contributed by atoms with E-state index in [1.807, 2.05) is 0 Å². The van der Waals surface area contributed by atoms with Crippen molar-refractivity contribution < 1.29 is 4.74 Å². The summed E-state index contributed by atoms with van der Waals surface area (Å²) in [6.45, 7) is 9.28. The standard InChI is InChI=1S/C21H32O/c1-20(2)13-8-14-21(3)18(11-7-12-19(20)21)16-22-15-17-9-5-4-6-10-17/h4-6,9-10,18-19H,7-8,11-16H2,1-3H3. The highest BCUT2D eigenvalue weighted by Gasteiger charge is 2.51. The summed E-state index contributed by atoms with van der Waals surface area (Å²) < 4.78 is 6.14. The highest BCUT2D eigenvalue weighted by Crippen LogP contribution is 2.59. The van der Waals surface area contributed by atoms with Crippen LogP contribution >= 0.6 is 0 Å². The van der Waals surface area contributed by atoms with Crippen molar-refractivity contribution in [3.63, 3.8) is 0 Å². The molecule has 3 unspecified atom stereocenters. The molecule has 22 heavy (non-hydrogen) atoms. The smallest absolute Gasteiger partial charge is 0.0717 e. The second-order valence-corrected chi connectivity index (χ2v) is 8.53. The Hall–Kier alpha value is -0.820. The molecule has 2 saturated carbocycles. The van der Waals surface area contributed by atoms with Crippen molar-refractivity contribution in [3.05, 3.63) is 35.9 Å². The number of fused-ring (bicyclic) bond motifs is 1. The monoisotopic (exact) mass is 300 g/mol. The minimum atomic E-state index is 0.497. The summed E-state index contributed by atoms with van der Waals surface area (Å²) in [5.41, 5.74) is 2.31. The Morgan fingerprint density at radius 2 is 1.77 bits per heavy atom. The van der Waals surface area contributed by atoms with E-state index in [1.54, 1.807) is 0 Å². The number of hydrogen-bond acceptors (Lipinski definition) is 1. The average molecular weight is 300 g/mol. The van der Waals surface area contributed by atoms with Crippen LogP contribution in [0.1, 0.15) is 64.9 Å². The first kappa shape index (κ1) is 16.1. The molecule has 122 valence electrons. The van der Waals surface area contributed by atoms with Gasteiger partial charge in [-0.1, -0.05) is 63.9 Å². The molecule has 2 aliphatic rings. The van der Waals surface area contributed by atoms with Crippen LogP contribution in [0.5, 0.6) is 0 Å². The second kappa shape index (κ2) is 6.35. The van der Waals surface area contributed by atoms with Gasteiger partial charge in [-0.25, -0.2) is 0 Å². The molecule has 0 N–H and O–H groups in total. The van der Waals surface area contributed by atoms with Crippen LogP contribution in [-0.2, 0) is 11.3 Å². The lowest BCUT2D eigenvalue weighted by atomic mass is 9.48. The fourth-order valence-electron chi connectivity index (χ4n) is 5.44. The molecule has 1 nitrogen and oxygen atoms in total. The van der Waals surface area contributed by atoms with Crippen LogP contribution in [0.4, 0.5) is 0 Å². The number of benzene rings is 1. The zero-order valence-electron chi connectivity index (χ0n) is 14.6. The lowest BCUT2D eigenvalue weighted by molar-refractivity contribution is -0.0982. The molecule has 0 aliphatic heterocycles. The molecule has 0 bridgehead atoms. The normalized spacial score (nSPS) is 34.1. The number of ether oxygens (including phenoxy) is 1. The molecule has 3 atom stereocenters. The second-order valence-electron chi connectivity index (χ2n) is 8.53. The van der Waals surface area contributed by atoms with E-state index >= 15 is 0 Å². The van der Waals surface area contributed by atoms with Gasteiger partial charge in [0.05, 0.1) is 13.2 Å². The predicted octanol–water partition coefficient (Wildman–Crippen LogP) is 5.84. The molecule has 1 aromatic rings. The Morgan fingerprint density at radius 3 is 2.55 bits per heavy atom. The van der Waals surface area contributed by atoms with E-state index in [2.05, 4.69) is 51.1 Å². The molecule has 1 aromatic carbocycles. The summed E-state index contributed by atoms with van der Waals surface area (Å²) in [5, 5.41) is 0.